The molecule has 0 spiro atoms. The van der Waals surface area contributed by atoms with Crippen molar-refractivity contribution in [2.24, 2.45) is 0 Å². The molecule has 0 saturated carbocycles. The average Bonchev–Trinajstić information content (AvgIpc) is 2.97. The van der Waals surface area contributed by atoms with Crippen molar-refractivity contribution in [2.75, 3.05) is 13.2 Å². The first-order valence-electron chi connectivity index (χ1n) is 7.04. The lowest BCUT2D eigenvalue weighted by atomic mass is 10.1. The summed E-state index contributed by atoms with van der Waals surface area (Å²) in [6.07, 6.45) is 3.74. The van der Waals surface area contributed by atoms with Crippen molar-refractivity contribution >= 4 is 11.3 Å². The van der Waals surface area contributed by atoms with Gasteiger partial charge in [-0.2, -0.15) is 0 Å². The lowest BCUT2D eigenvalue weighted by molar-refractivity contribution is 0.111. The quantitative estimate of drug-likeness (QED) is 0.800. The maximum Gasteiger partial charge on any atom is 0.122 e. The molecule has 3 nitrogen and oxygen atoms in total. The van der Waals surface area contributed by atoms with Crippen LogP contribution in [0.4, 0.5) is 0 Å². The van der Waals surface area contributed by atoms with Gasteiger partial charge in [0.25, 0.3) is 0 Å². The van der Waals surface area contributed by atoms with E-state index in [1.165, 1.54) is 28.4 Å². The molecule has 1 N–H and O–H groups in total. The Kier molecular flexibility index (Phi) is 5.15. The van der Waals surface area contributed by atoms with Gasteiger partial charge in [-0.15, -0.1) is 11.3 Å². The van der Waals surface area contributed by atoms with Crippen LogP contribution in [0.2, 0.25) is 0 Å². The fourth-order valence-corrected chi connectivity index (χ4v) is 3.52. The summed E-state index contributed by atoms with van der Waals surface area (Å²) in [7, 11) is 0. The highest BCUT2D eigenvalue weighted by Gasteiger charge is 2.23. The van der Waals surface area contributed by atoms with Crippen LogP contribution in [0.5, 0.6) is 0 Å². The summed E-state index contributed by atoms with van der Waals surface area (Å²) < 4.78 is 5.74. The van der Waals surface area contributed by atoms with Gasteiger partial charge in [-0.05, 0) is 31.7 Å². The van der Waals surface area contributed by atoms with Gasteiger partial charge in [-0.1, -0.05) is 20.8 Å². The molecule has 1 unspecified atom stereocenters. The molecular weight excluding hydrogens is 244 g/mol. The molecule has 0 amide bonds. The van der Waals surface area contributed by atoms with Crippen molar-refractivity contribution in [3.05, 3.63) is 15.6 Å². The van der Waals surface area contributed by atoms with Crippen molar-refractivity contribution in [2.45, 2.75) is 58.6 Å². The third kappa shape index (κ3) is 3.31. The molecular formula is C14H24N2OS. The second-order valence-electron chi connectivity index (χ2n) is 5.19. The summed E-state index contributed by atoms with van der Waals surface area (Å²) in [6, 6.07) is 0. The van der Waals surface area contributed by atoms with Crippen LogP contribution in [0.1, 0.15) is 67.6 Å². The molecule has 1 aliphatic rings. The molecule has 2 heterocycles. The van der Waals surface area contributed by atoms with Gasteiger partial charge in [-0.25, -0.2) is 4.98 Å². The monoisotopic (exact) mass is 268 g/mol. The van der Waals surface area contributed by atoms with Crippen molar-refractivity contribution in [1.82, 2.24) is 10.3 Å². The van der Waals surface area contributed by atoms with Crippen LogP contribution < -0.4 is 5.32 Å². The predicted molar refractivity (Wildman–Crippen MR) is 76.1 cm³/mol. The van der Waals surface area contributed by atoms with E-state index in [-0.39, 0.29) is 6.10 Å². The number of ether oxygens (including phenoxy) is 1. The Morgan fingerprint density at radius 2 is 2.33 bits per heavy atom. The molecule has 1 fully saturated rings. The molecule has 0 bridgehead atoms. The Hall–Kier alpha value is -0.450. The van der Waals surface area contributed by atoms with E-state index < -0.39 is 0 Å². The van der Waals surface area contributed by atoms with Crippen LogP contribution in [-0.2, 0) is 11.3 Å². The molecule has 2 rings (SSSR count). The smallest absolute Gasteiger partial charge is 0.122 e. The summed E-state index contributed by atoms with van der Waals surface area (Å²) in [5.74, 6) is 0.495. The fraction of sp³-hybridized carbons (Fsp3) is 0.786. The van der Waals surface area contributed by atoms with Gasteiger partial charge < -0.3 is 10.1 Å². The molecule has 102 valence electrons. The van der Waals surface area contributed by atoms with E-state index in [0.717, 1.165) is 26.1 Å². The Labute approximate surface area is 114 Å². The Morgan fingerprint density at radius 1 is 1.50 bits per heavy atom. The SMILES string of the molecule is CCCNCc1sc(C2CCCO2)nc1C(C)C. The number of hydrogen-bond donors (Lipinski definition) is 1. The zero-order valence-corrected chi connectivity index (χ0v) is 12.5. The number of aromatic nitrogens is 1. The molecule has 1 atom stereocenters. The first-order chi connectivity index (χ1) is 8.72. The number of hydrogen-bond acceptors (Lipinski definition) is 4. The minimum Gasteiger partial charge on any atom is -0.371 e. The molecule has 0 aliphatic carbocycles. The number of nitrogens with zero attached hydrogens (tertiary/aromatic N) is 1. The highest BCUT2D eigenvalue weighted by atomic mass is 32.1. The van der Waals surface area contributed by atoms with E-state index in [0.29, 0.717) is 5.92 Å². The molecule has 0 aromatic carbocycles. The first kappa shape index (κ1) is 14.0. The normalized spacial score (nSPS) is 19.9. The fourth-order valence-electron chi connectivity index (χ4n) is 2.25. The van der Waals surface area contributed by atoms with E-state index in [9.17, 15) is 0 Å². The average molecular weight is 268 g/mol. The van der Waals surface area contributed by atoms with E-state index in [4.69, 9.17) is 9.72 Å². The van der Waals surface area contributed by atoms with Gasteiger partial charge in [0.15, 0.2) is 0 Å². The minimum absolute atomic E-state index is 0.257. The van der Waals surface area contributed by atoms with Crippen molar-refractivity contribution in [3.8, 4) is 0 Å². The highest BCUT2D eigenvalue weighted by Crippen LogP contribution is 2.35. The van der Waals surface area contributed by atoms with Gasteiger partial charge >= 0.3 is 0 Å². The maximum atomic E-state index is 5.74. The first-order valence-corrected chi connectivity index (χ1v) is 7.85. The van der Waals surface area contributed by atoms with Gasteiger partial charge in [0.2, 0.25) is 0 Å². The van der Waals surface area contributed by atoms with Crippen LogP contribution in [0.15, 0.2) is 0 Å². The topological polar surface area (TPSA) is 34.1 Å². The zero-order valence-electron chi connectivity index (χ0n) is 11.7. The van der Waals surface area contributed by atoms with Crippen molar-refractivity contribution < 1.29 is 4.74 Å². The lowest BCUT2D eigenvalue weighted by Crippen LogP contribution is -2.14. The summed E-state index contributed by atoms with van der Waals surface area (Å²) in [5, 5.41) is 4.66. The van der Waals surface area contributed by atoms with Gasteiger partial charge in [0, 0.05) is 18.0 Å². The molecule has 1 aromatic heterocycles. The van der Waals surface area contributed by atoms with Crippen LogP contribution in [0.25, 0.3) is 0 Å². The van der Waals surface area contributed by atoms with Gasteiger partial charge in [0.1, 0.15) is 11.1 Å². The summed E-state index contributed by atoms with van der Waals surface area (Å²) in [6.45, 7) is 9.55. The molecule has 0 radical (unpaired) electrons. The Bertz CT molecular complexity index is 370. The van der Waals surface area contributed by atoms with Gasteiger partial charge in [-0.3, -0.25) is 0 Å². The van der Waals surface area contributed by atoms with Crippen LogP contribution in [0, 0.1) is 0 Å². The molecule has 1 saturated heterocycles. The van der Waals surface area contributed by atoms with Crippen LogP contribution in [0.3, 0.4) is 0 Å². The number of thiazole rings is 1. The summed E-state index contributed by atoms with van der Waals surface area (Å²) in [5.41, 5.74) is 1.26. The van der Waals surface area contributed by atoms with E-state index in [1.54, 1.807) is 0 Å². The summed E-state index contributed by atoms with van der Waals surface area (Å²) in [4.78, 5) is 6.22. The Balaban J connectivity index is 2.10. The van der Waals surface area contributed by atoms with Gasteiger partial charge in [0.05, 0.1) is 5.69 Å². The lowest BCUT2D eigenvalue weighted by Gasteiger charge is -2.05. The third-order valence-electron chi connectivity index (χ3n) is 3.21. The van der Waals surface area contributed by atoms with Crippen LogP contribution >= 0.6 is 11.3 Å². The van der Waals surface area contributed by atoms with Crippen LogP contribution in [-0.4, -0.2) is 18.1 Å². The maximum absolute atomic E-state index is 5.74. The standard InChI is InChI=1S/C14H24N2OS/c1-4-7-15-9-12-13(10(2)3)16-14(18-12)11-6-5-8-17-11/h10-11,15H,4-9H2,1-3H3. The summed E-state index contributed by atoms with van der Waals surface area (Å²) >= 11 is 1.84. The third-order valence-corrected chi connectivity index (χ3v) is 4.37. The van der Waals surface area contributed by atoms with Crippen molar-refractivity contribution in [1.29, 1.82) is 0 Å². The highest BCUT2D eigenvalue weighted by molar-refractivity contribution is 7.11. The molecule has 1 aliphatic heterocycles. The second kappa shape index (κ2) is 6.64. The number of nitrogens with one attached hydrogen (secondary N) is 1. The Morgan fingerprint density at radius 3 is 2.94 bits per heavy atom. The zero-order chi connectivity index (χ0) is 13.0. The van der Waals surface area contributed by atoms with Crippen molar-refractivity contribution in [3.63, 3.8) is 0 Å². The largest absolute Gasteiger partial charge is 0.371 e. The molecule has 18 heavy (non-hydrogen) atoms. The molecule has 4 heteroatoms. The van der Waals surface area contributed by atoms with E-state index in [1.807, 2.05) is 11.3 Å². The number of rotatable bonds is 6. The predicted octanol–water partition coefficient (Wildman–Crippen LogP) is 3.62. The minimum atomic E-state index is 0.257. The molecule has 1 aromatic rings. The van der Waals surface area contributed by atoms with E-state index in [2.05, 4.69) is 26.1 Å². The second-order valence-corrected chi connectivity index (χ2v) is 6.31. The van der Waals surface area contributed by atoms with E-state index >= 15 is 0 Å².